The van der Waals surface area contributed by atoms with E-state index in [4.69, 9.17) is 5.11 Å². The molecule has 0 aliphatic carbocycles. The lowest BCUT2D eigenvalue weighted by molar-refractivity contribution is 0.0924. The van der Waals surface area contributed by atoms with Gasteiger partial charge in [-0.1, -0.05) is 31.9 Å². The van der Waals surface area contributed by atoms with Gasteiger partial charge in [0, 0.05) is 21.1 Å². The standard InChI is InChI=1S/C10H11Br2NO2/c1-6(14)5-13-10(15)7-2-8(11)4-9(12)3-7/h2-4,6,14H,5H2,1H3,(H,13,15)/t6-/m1/s1. The SMILES string of the molecule is C[C@@H](O)CNC(=O)c1cc(Br)cc(Br)c1. The molecule has 0 heterocycles. The zero-order valence-corrected chi connectivity index (χ0v) is 11.3. The van der Waals surface area contributed by atoms with Crippen molar-refractivity contribution in [1.82, 2.24) is 5.32 Å². The lowest BCUT2D eigenvalue weighted by Crippen LogP contribution is -2.30. The van der Waals surface area contributed by atoms with Gasteiger partial charge in [0.25, 0.3) is 5.91 Å². The van der Waals surface area contributed by atoms with Gasteiger partial charge < -0.3 is 10.4 Å². The molecule has 1 rings (SSSR count). The Kier molecular flexibility index (Phi) is 4.76. The van der Waals surface area contributed by atoms with Gasteiger partial charge >= 0.3 is 0 Å². The molecule has 1 aromatic rings. The van der Waals surface area contributed by atoms with Crippen LogP contribution in [0.25, 0.3) is 0 Å². The summed E-state index contributed by atoms with van der Waals surface area (Å²) in [6.07, 6.45) is -0.537. The van der Waals surface area contributed by atoms with Gasteiger partial charge in [0.2, 0.25) is 0 Å². The van der Waals surface area contributed by atoms with Crippen molar-refractivity contribution in [1.29, 1.82) is 0 Å². The van der Waals surface area contributed by atoms with Crippen LogP contribution in [-0.4, -0.2) is 23.7 Å². The third-order valence-corrected chi connectivity index (χ3v) is 2.60. The second-order valence-electron chi connectivity index (χ2n) is 3.22. The van der Waals surface area contributed by atoms with E-state index in [1.165, 1.54) is 0 Å². The number of carbonyl (C=O) groups is 1. The van der Waals surface area contributed by atoms with Gasteiger partial charge in [0.05, 0.1) is 6.10 Å². The average molecular weight is 337 g/mol. The van der Waals surface area contributed by atoms with Crippen LogP contribution in [0.15, 0.2) is 27.1 Å². The summed E-state index contributed by atoms with van der Waals surface area (Å²) in [6.45, 7) is 1.88. The van der Waals surface area contributed by atoms with Gasteiger partial charge in [-0.05, 0) is 25.1 Å². The highest BCUT2D eigenvalue weighted by atomic mass is 79.9. The summed E-state index contributed by atoms with van der Waals surface area (Å²) in [7, 11) is 0. The van der Waals surface area contributed by atoms with Crippen LogP contribution in [0.5, 0.6) is 0 Å². The van der Waals surface area contributed by atoms with Crippen LogP contribution in [0.3, 0.4) is 0 Å². The third-order valence-electron chi connectivity index (χ3n) is 1.68. The first kappa shape index (κ1) is 12.7. The molecule has 0 aromatic heterocycles. The van der Waals surface area contributed by atoms with Crippen molar-refractivity contribution in [3.8, 4) is 0 Å². The van der Waals surface area contributed by atoms with E-state index in [2.05, 4.69) is 37.2 Å². The summed E-state index contributed by atoms with van der Waals surface area (Å²) in [4.78, 5) is 11.6. The maximum atomic E-state index is 11.6. The summed E-state index contributed by atoms with van der Waals surface area (Å²) in [5.41, 5.74) is 0.553. The number of amides is 1. The summed E-state index contributed by atoms with van der Waals surface area (Å²) in [5.74, 6) is -0.196. The normalized spacial score (nSPS) is 12.3. The minimum Gasteiger partial charge on any atom is -0.392 e. The number of hydrogen-bond acceptors (Lipinski definition) is 2. The van der Waals surface area contributed by atoms with Crippen LogP contribution in [0.2, 0.25) is 0 Å². The highest BCUT2D eigenvalue weighted by molar-refractivity contribution is 9.11. The fourth-order valence-electron chi connectivity index (χ4n) is 1.03. The lowest BCUT2D eigenvalue weighted by atomic mass is 10.2. The maximum absolute atomic E-state index is 11.6. The van der Waals surface area contributed by atoms with Gasteiger partial charge in [0.15, 0.2) is 0 Å². The van der Waals surface area contributed by atoms with Gasteiger partial charge in [-0.3, -0.25) is 4.79 Å². The molecule has 0 radical (unpaired) electrons. The number of aliphatic hydroxyl groups excluding tert-OH is 1. The maximum Gasteiger partial charge on any atom is 0.251 e. The highest BCUT2D eigenvalue weighted by Crippen LogP contribution is 2.19. The number of halogens is 2. The minimum absolute atomic E-state index is 0.196. The van der Waals surface area contributed by atoms with Crippen molar-refractivity contribution >= 4 is 37.8 Å². The van der Waals surface area contributed by atoms with Crippen LogP contribution >= 0.6 is 31.9 Å². The predicted octanol–water partition coefficient (Wildman–Crippen LogP) is 2.32. The number of aliphatic hydroxyl groups is 1. The molecular weight excluding hydrogens is 326 g/mol. The number of hydrogen-bond donors (Lipinski definition) is 2. The van der Waals surface area contributed by atoms with Crippen molar-refractivity contribution in [3.63, 3.8) is 0 Å². The molecule has 82 valence electrons. The fourth-order valence-corrected chi connectivity index (χ4v) is 2.32. The molecule has 1 amide bonds. The Labute approximate surface area is 105 Å². The molecule has 0 saturated carbocycles. The smallest absolute Gasteiger partial charge is 0.251 e. The molecule has 15 heavy (non-hydrogen) atoms. The Morgan fingerprint density at radius 3 is 2.40 bits per heavy atom. The first-order chi connectivity index (χ1) is 6.99. The van der Waals surface area contributed by atoms with E-state index in [1.807, 2.05) is 6.07 Å². The molecule has 1 aromatic carbocycles. The highest BCUT2D eigenvalue weighted by Gasteiger charge is 2.07. The number of benzene rings is 1. The zero-order chi connectivity index (χ0) is 11.4. The second kappa shape index (κ2) is 5.63. The average Bonchev–Trinajstić information content (AvgIpc) is 2.12. The molecule has 0 fully saturated rings. The molecule has 0 saturated heterocycles. The largest absolute Gasteiger partial charge is 0.392 e. The molecule has 0 spiro atoms. The van der Waals surface area contributed by atoms with Gasteiger partial charge in [-0.25, -0.2) is 0 Å². The van der Waals surface area contributed by atoms with E-state index < -0.39 is 6.10 Å². The monoisotopic (exact) mass is 335 g/mol. The van der Waals surface area contributed by atoms with E-state index in [-0.39, 0.29) is 12.5 Å². The van der Waals surface area contributed by atoms with Crippen molar-refractivity contribution < 1.29 is 9.90 Å². The lowest BCUT2D eigenvalue weighted by Gasteiger charge is -2.07. The molecule has 2 N–H and O–H groups in total. The number of rotatable bonds is 3. The van der Waals surface area contributed by atoms with E-state index in [1.54, 1.807) is 19.1 Å². The van der Waals surface area contributed by atoms with E-state index in [9.17, 15) is 4.79 Å². The van der Waals surface area contributed by atoms with Gasteiger partial charge in [0.1, 0.15) is 0 Å². The first-order valence-corrected chi connectivity index (χ1v) is 6.00. The molecule has 1 atom stereocenters. The van der Waals surface area contributed by atoms with Gasteiger partial charge in [-0.15, -0.1) is 0 Å². The first-order valence-electron chi connectivity index (χ1n) is 4.41. The van der Waals surface area contributed by atoms with E-state index >= 15 is 0 Å². The van der Waals surface area contributed by atoms with Crippen LogP contribution < -0.4 is 5.32 Å². The molecule has 3 nitrogen and oxygen atoms in total. The molecule has 0 aliphatic rings. The van der Waals surface area contributed by atoms with Crippen molar-refractivity contribution in [2.75, 3.05) is 6.54 Å². The predicted molar refractivity (Wildman–Crippen MR) is 65.9 cm³/mol. The van der Waals surface area contributed by atoms with Crippen LogP contribution in [0, 0.1) is 0 Å². The fraction of sp³-hybridized carbons (Fsp3) is 0.300. The Morgan fingerprint density at radius 1 is 1.40 bits per heavy atom. The summed E-state index contributed by atoms with van der Waals surface area (Å²) < 4.78 is 1.66. The summed E-state index contributed by atoms with van der Waals surface area (Å²) in [5, 5.41) is 11.6. The van der Waals surface area contributed by atoms with Crippen molar-refractivity contribution in [2.24, 2.45) is 0 Å². The molecule has 5 heteroatoms. The second-order valence-corrected chi connectivity index (χ2v) is 5.05. The van der Waals surface area contributed by atoms with Crippen LogP contribution in [-0.2, 0) is 0 Å². The van der Waals surface area contributed by atoms with Crippen molar-refractivity contribution in [3.05, 3.63) is 32.7 Å². The Bertz CT molecular complexity index is 346. The quantitative estimate of drug-likeness (QED) is 0.890. The van der Waals surface area contributed by atoms with E-state index in [0.717, 1.165) is 8.95 Å². The van der Waals surface area contributed by atoms with Gasteiger partial charge in [-0.2, -0.15) is 0 Å². The third kappa shape index (κ3) is 4.32. The topological polar surface area (TPSA) is 49.3 Å². The van der Waals surface area contributed by atoms with Crippen LogP contribution in [0.1, 0.15) is 17.3 Å². The van der Waals surface area contributed by atoms with Crippen molar-refractivity contribution in [2.45, 2.75) is 13.0 Å². The molecular formula is C10H11Br2NO2. The summed E-state index contributed by atoms with van der Waals surface area (Å²) >= 11 is 6.60. The zero-order valence-electron chi connectivity index (χ0n) is 8.13. The van der Waals surface area contributed by atoms with E-state index in [0.29, 0.717) is 5.56 Å². The Morgan fingerprint density at radius 2 is 1.93 bits per heavy atom. The number of carbonyl (C=O) groups excluding carboxylic acids is 1. The van der Waals surface area contributed by atoms with Crippen LogP contribution in [0.4, 0.5) is 0 Å². The Hall–Kier alpha value is -0.390. The molecule has 0 unspecified atom stereocenters. The number of nitrogens with one attached hydrogen (secondary N) is 1. The minimum atomic E-state index is -0.537. The molecule has 0 aliphatic heterocycles. The summed E-state index contributed by atoms with van der Waals surface area (Å²) in [6, 6.07) is 5.30. The Balaban J connectivity index is 2.73. The molecule has 0 bridgehead atoms.